The highest BCUT2D eigenvalue weighted by Crippen LogP contribution is 2.48. The summed E-state index contributed by atoms with van der Waals surface area (Å²) in [6, 6.07) is 14.1. The van der Waals surface area contributed by atoms with Crippen LogP contribution < -0.4 is 4.52 Å². The van der Waals surface area contributed by atoms with Crippen molar-refractivity contribution >= 4 is 41.5 Å². The van der Waals surface area contributed by atoms with Gasteiger partial charge >= 0.3 is 6.72 Å². The third-order valence-corrected chi connectivity index (χ3v) is 5.31. The van der Waals surface area contributed by atoms with Crippen LogP contribution in [0.15, 0.2) is 58.8 Å². The van der Waals surface area contributed by atoms with Crippen molar-refractivity contribution < 1.29 is 13.6 Å². The highest BCUT2D eigenvalue weighted by Gasteiger charge is 2.18. The van der Waals surface area contributed by atoms with E-state index in [1.165, 1.54) is 14.2 Å². The smallest absolute Gasteiger partial charge is 0.380 e. The molecule has 0 aliphatic rings. The van der Waals surface area contributed by atoms with Crippen LogP contribution in [0.3, 0.4) is 0 Å². The Hall–Kier alpha value is -1.30. The fraction of sp³-hybridized carbons (Fsp3) is 0.143. The van der Waals surface area contributed by atoms with E-state index in [4.69, 9.17) is 37.0 Å². The minimum atomic E-state index is -2.72. The van der Waals surface area contributed by atoms with Crippen LogP contribution >= 0.6 is 18.3 Å². The summed E-state index contributed by atoms with van der Waals surface area (Å²) < 4.78 is 15.7. The number of hydrogen-bond donors (Lipinski definition) is 0. The predicted molar refractivity (Wildman–Crippen MR) is 91.0 cm³/mol. The van der Waals surface area contributed by atoms with Crippen LogP contribution in [0.25, 0.3) is 0 Å². The number of hydrogen-bond acceptors (Lipinski definition) is 6. The molecule has 0 spiro atoms. The van der Waals surface area contributed by atoms with Crippen molar-refractivity contribution in [3.63, 3.8) is 0 Å². The van der Waals surface area contributed by atoms with E-state index in [1.54, 1.807) is 48.5 Å². The summed E-state index contributed by atoms with van der Waals surface area (Å²) in [6.45, 7) is -2.72. The van der Waals surface area contributed by atoms with Crippen LogP contribution in [-0.2, 0) is 20.9 Å². The number of rotatable bonds is 6. The number of azo groups is 1. The van der Waals surface area contributed by atoms with Crippen LogP contribution in [0, 0.1) is 0 Å². The van der Waals surface area contributed by atoms with Crippen molar-refractivity contribution in [2.75, 3.05) is 14.2 Å². The van der Waals surface area contributed by atoms with Gasteiger partial charge in [0.2, 0.25) is 0 Å². The van der Waals surface area contributed by atoms with E-state index in [0.717, 1.165) is 5.69 Å². The Balaban J connectivity index is 2.06. The van der Waals surface area contributed by atoms with Gasteiger partial charge in [-0.05, 0) is 48.5 Å². The average molecular weight is 357 g/mol. The van der Waals surface area contributed by atoms with Crippen LogP contribution in [0.2, 0.25) is 5.02 Å². The Morgan fingerprint density at radius 1 is 0.864 bits per heavy atom. The number of nitrogens with zero attached hydrogens (tertiary/aromatic N) is 2. The molecule has 0 unspecified atom stereocenters. The van der Waals surface area contributed by atoms with Crippen molar-refractivity contribution in [1.29, 1.82) is 0 Å². The zero-order valence-electron chi connectivity index (χ0n) is 12.0. The summed E-state index contributed by atoms with van der Waals surface area (Å²) in [4.78, 5) is 0. The van der Waals surface area contributed by atoms with E-state index >= 15 is 0 Å². The monoisotopic (exact) mass is 356 g/mol. The molecule has 0 aliphatic carbocycles. The normalized spacial score (nSPS) is 11.8. The Labute approximate surface area is 139 Å². The fourth-order valence-electron chi connectivity index (χ4n) is 1.48. The third-order valence-electron chi connectivity index (χ3n) is 2.61. The lowest BCUT2D eigenvalue weighted by Crippen LogP contribution is -1.96. The lowest BCUT2D eigenvalue weighted by atomic mass is 10.3. The molecule has 0 aliphatic heterocycles. The molecule has 0 saturated carbocycles. The van der Waals surface area contributed by atoms with Crippen LogP contribution in [-0.4, -0.2) is 14.2 Å². The maximum absolute atomic E-state index is 5.81. The van der Waals surface area contributed by atoms with Crippen molar-refractivity contribution in [1.82, 2.24) is 0 Å². The van der Waals surface area contributed by atoms with Gasteiger partial charge in [0.15, 0.2) is 0 Å². The van der Waals surface area contributed by atoms with Crippen molar-refractivity contribution in [3.05, 3.63) is 53.6 Å². The van der Waals surface area contributed by atoms with Crippen molar-refractivity contribution in [2.45, 2.75) is 0 Å². The van der Waals surface area contributed by atoms with Crippen molar-refractivity contribution in [3.8, 4) is 5.75 Å². The molecule has 0 radical (unpaired) electrons. The van der Waals surface area contributed by atoms with E-state index in [2.05, 4.69) is 10.2 Å². The largest absolute Gasteiger partial charge is 0.424 e. The van der Waals surface area contributed by atoms with Gasteiger partial charge in [0.25, 0.3) is 0 Å². The summed E-state index contributed by atoms with van der Waals surface area (Å²) in [5.74, 6) is 0.553. The zero-order valence-corrected chi connectivity index (χ0v) is 14.4. The van der Waals surface area contributed by atoms with Crippen molar-refractivity contribution in [2.24, 2.45) is 10.2 Å². The molecule has 0 aromatic heterocycles. The summed E-state index contributed by atoms with van der Waals surface area (Å²) in [7, 11) is 2.91. The molecule has 0 bridgehead atoms. The van der Waals surface area contributed by atoms with Gasteiger partial charge in [-0.2, -0.15) is 10.2 Å². The first-order chi connectivity index (χ1) is 10.5. The summed E-state index contributed by atoms with van der Waals surface area (Å²) in [5, 5.41) is 8.91. The van der Waals surface area contributed by atoms with Gasteiger partial charge in [0.1, 0.15) is 5.75 Å². The van der Waals surface area contributed by atoms with E-state index in [9.17, 15) is 0 Å². The molecule has 0 saturated heterocycles. The molecule has 2 aromatic rings. The average Bonchev–Trinajstić information content (AvgIpc) is 2.55. The second-order valence-corrected chi connectivity index (χ2v) is 7.66. The Morgan fingerprint density at radius 3 is 1.77 bits per heavy atom. The van der Waals surface area contributed by atoms with E-state index < -0.39 is 6.72 Å². The van der Waals surface area contributed by atoms with Crippen LogP contribution in [0.4, 0.5) is 11.4 Å². The molecule has 8 heteroatoms. The van der Waals surface area contributed by atoms with Gasteiger partial charge < -0.3 is 13.6 Å². The van der Waals surface area contributed by atoms with Gasteiger partial charge in [0, 0.05) is 31.0 Å². The Bertz CT molecular complexity index is 684. The molecule has 0 amide bonds. The van der Waals surface area contributed by atoms with Gasteiger partial charge in [0.05, 0.1) is 11.4 Å². The van der Waals surface area contributed by atoms with E-state index in [1.807, 2.05) is 0 Å². The maximum Gasteiger partial charge on any atom is 0.380 e. The fourth-order valence-corrected chi connectivity index (χ4v) is 2.54. The van der Waals surface area contributed by atoms with Crippen LogP contribution in [0.5, 0.6) is 5.75 Å². The predicted octanol–water partition coefficient (Wildman–Crippen LogP) is 5.65. The molecule has 5 nitrogen and oxygen atoms in total. The molecule has 2 aromatic carbocycles. The third kappa shape index (κ3) is 4.87. The topological polar surface area (TPSA) is 52.4 Å². The summed E-state index contributed by atoms with van der Waals surface area (Å²) in [5.41, 5.74) is 1.41. The standard InChI is InChI=1S/C14H14ClN2O3PS/c1-18-21(22,19-2)20-14-9-7-13(8-10-14)17-16-12-5-3-11(15)4-6-12/h3-10H,1-2H3/b17-16+. The molecular weight excluding hydrogens is 343 g/mol. The first-order valence-corrected chi connectivity index (χ1v) is 9.16. The lowest BCUT2D eigenvalue weighted by molar-refractivity contribution is 0.273. The molecule has 116 valence electrons. The SMILES string of the molecule is COP(=S)(OC)Oc1ccc(/N=N/c2ccc(Cl)cc2)cc1. The molecule has 0 N–H and O–H groups in total. The zero-order chi connectivity index (χ0) is 16.0. The minimum Gasteiger partial charge on any atom is -0.424 e. The van der Waals surface area contributed by atoms with Gasteiger partial charge in [-0.25, -0.2) is 0 Å². The summed E-state index contributed by atoms with van der Waals surface area (Å²) in [6.07, 6.45) is 0. The number of benzene rings is 2. The number of halogens is 1. The Morgan fingerprint density at radius 2 is 1.32 bits per heavy atom. The van der Waals surface area contributed by atoms with Gasteiger partial charge in [-0.1, -0.05) is 11.6 Å². The molecule has 22 heavy (non-hydrogen) atoms. The molecular formula is C14H14ClN2O3PS. The molecule has 0 heterocycles. The molecule has 0 atom stereocenters. The van der Waals surface area contributed by atoms with E-state index in [0.29, 0.717) is 16.5 Å². The maximum atomic E-state index is 5.81. The second-order valence-electron chi connectivity index (χ2n) is 4.07. The van der Waals surface area contributed by atoms with Crippen LogP contribution in [0.1, 0.15) is 0 Å². The second kappa shape index (κ2) is 7.81. The molecule has 2 rings (SSSR count). The van der Waals surface area contributed by atoms with Gasteiger partial charge in [-0.3, -0.25) is 0 Å². The molecule has 0 fully saturated rings. The lowest BCUT2D eigenvalue weighted by Gasteiger charge is -2.17. The Kier molecular flexibility index (Phi) is 6.06. The first-order valence-electron chi connectivity index (χ1n) is 6.23. The highest BCUT2D eigenvalue weighted by atomic mass is 35.5. The minimum absolute atomic E-state index is 0.553. The highest BCUT2D eigenvalue weighted by molar-refractivity contribution is 8.07. The summed E-state index contributed by atoms with van der Waals surface area (Å²) >= 11 is 10.9. The first kappa shape index (κ1) is 17.1. The quantitative estimate of drug-likeness (QED) is 0.495. The van der Waals surface area contributed by atoms with E-state index in [-0.39, 0.29) is 0 Å². The van der Waals surface area contributed by atoms with Gasteiger partial charge in [-0.15, -0.1) is 0 Å².